The molecule has 0 spiro atoms. The quantitative estimate of drug-likeness (QED) is 0.528. The van der Waals surface area contributed by atoms with Gasteiger partial charge in [0.2, 0.25) is 5.91 Å². The number of esters is 1. The van der Waals surface area contributed by atoms with Crippen molar-refractivity contribution in [2.24, 2.45) is 0 Å². The number of carbonyl (C=O) groups is 2. The van der Waals surface area contributed by atoms with Crippen molar-refractivity contribution in [3.8, 4) is 11.5 Å². The number of benzene rings is 2. The summed E-state index contributed by atoms with van der Waals surface area (Å²) >= 11 is 0. The first-order chi connectivity index (χ1) is 15.3. The van der Waals surface area contributed by atoms with Crippen LogP contribution in [0.25, 0.3) is 10.9 Å². The lowest BCUT2D eigenvalue weighted by Gasteiger charge is -2.35. The third kappa shape index (κ3) is 3.89. The highest BCUT2D eigenvalue weighted by molar-refractivity contribution is 6.11. The lowest BCUT2D eigenvalue weighted by Crippen LogP contribution is -2.39. The molecule has 0 aliphatic carbocycles. The minimum absolute atomic E-state index is 0.0377. The molecule has 168 valence electrons. The lowest BCUT2D eigenvalue weighted by atomic mass is 9.93. The van der Waals surface area contributed by atoms with Crippen LogP contribution in [0.5, 0.6) is 11.5 Å². The Labute approximate surface area is 186 Å². The van der Waals surface area contributed by atoms with Crippen LogP contribution in [0.2, 0.25) is 0 Å². The number of ether oxygens (including phenoxy) is 2. The Hall–Kier alpha value is -3.52. The van der Waals surface area contributed by atoms with Crippen molar-refractivity contribution in [1.82, 2.24) is 9.88 Å². The zero-order valence-corrected chi connectivity index (χ0v) is 18.6. The number of methoxy groups -OCH3 is 2. The number of nitrogens with one attached hydrogen (secondary N) is 2. The lowest BCUT2D eigenvalue weighted by molar-refractivity contribution is -0.117. The van der Waals surface area contributed by atoms with E-state index in [0.29, 0.717) is 24.4 Å². The second-order valence-electron chi connectivity index (χ2n) is 8.08. The summed E-state index contributed by atoms with van der Waals surface area (Å²) < 4.78 is 10.1. The Morgan fingerprint density at radius 2 is 2.03 bits per heavy atom. The summed E-state index contributed by atoms with van der Waals surface area (Å²) in [6.45, 7) is 4.80. The molecule has 8 nitrogen and oxygen atoms in total. The minimum Gasteiger partial charge on any atom is -0.504 e. The molecule has 3 N–H and O–H groups in total. The third-order valence-electron chi connectivity index (χ3n) is 6.06. The maximum absolute atomic E-state index is 13.0. The molecule has 1 aliphatic rings. The molecule has 0 saturated heterocycles. The fourth-order valence-electron chi connectivity index (χ4n) is 4.32. The first kappa shape index (κ1) is 21.7. The zero-order chi connectivity index (χ0) is 23.0. The molecule has 1 aromatic heterocycles. The molecule has 4 rings (SSSR count). The Morgan fingerprint density at radius 1 is 1.25 bits per heavy atom. The highest BCUT2D eigenvalue weighted by atomic mass is 16.5. The van der Waals surface area contributed by atoms with E-state index in [4.69, 9.17) is 9.47 Å². The monoisotopic (exact) mass is 437 g/mol. The van der Waals surface area contributed by atoms with Gasteiger partial charge in [0.25, 0.3) is 0 Å². The highest BCUT2D eigenvalue weighted by Crippen LogP contribution is 2.37. The molecule has 1 atom stereocenters. The van der Waals surface area contributed by atoms with Crippen LogP contribution >= 0.6 is 0 Å². The zero-order valence-electron chi connectivity index (χ0n) is 18.6. The minimum atomic E-state index is -0.540. The molecule has 0 fully saturated rings. The van der Waals surface area contributed by atoms with E-state index in [0.717, 1.165) is 27.6 Å². The van der Waals surface area contributed by atoms with Crippen molar-refractivity contribution >= 4 is 28.5 Å². The number of phenols is 1. The van der Waals surface area contributed by atoms with Gasteiger partial charge >= 0.3 is 5.97 Å². The van der Waals surface area contributed by atoms with Crippen LogP contribution in [0, 0.1) is 6.92 Å². The van der Waals surface area contributed by atoms with Crippen molar-refractivity contribution in [2.45, 2.75) is 26.3 Å². The number of phenolic OH excluding ortho intramolecular Hbond substituents is 1. The summed E-state index contributed by atoms with van der Waals surface area (Å²) in [5, 5.41) is 13.7. The van der Waals surface area contributed by atoms with Crippen LogP contribution < -0.4 is 10.1 Å². The van der Waals surface area contributed by atoms with Gasteiger partial charge in [0, 0.05) is 23.5 Å². The number of rotatable bonds is 5. The Balaban J connectivity index is 1.58. The third-order valence-corrected chi connectivity index (χ3v) is 6.06. The van der Waals surface area contributed by atoms with Crippen LogP contribution in [-0.2, 0) is 16.0 Å². The summed E-state index contributed by atoms with van der Waals surface area (Å²) in [6, 6.07) is 9.26. The Bertz CT molecular complexity index is 1200. The number of aromatic amines is 1. The van der Waals surface area contributed by atoms with Crippen LogP contribution in [0.3, 0.4) is 0 Å². The number of carbonyl (C=O) groups excluding carboxylic acids is 2. The van der Waals surface area contributed by atoms with Gasteiger partial charge in [0.15, 0.2) is 11.5 Å². The second-order valence-corrected chi connectivity index (χ2v) is 8.08. The van der Waals surface area contributed by atoms with E-state index >= 15 is 0 Å². The molecule has 1 aliphatic heterocycles. The van der Waals surface area contributed by atoms with Crippen LogP contribution in [-0.4, -0.2) is 54.2 Å². The van der Waals surface area contributed by atoms with E-state index in [2.05, 4.69) is 15.2 Å². The standard InChI is InChI=1S/C24H27N3O5/c1-13-5-6-18-17(9-13)22(23(25-18)24(30)32-4)26-21(29)12-27-8-7-15-10-19(28)20(31-3)11-16(15)14(27)2/h5-6,9-11,14,25,28H,7-8,12H2,1-4H3,(H,26,29)/t14-/m1/s1. The van der Waals surface area contributed by atoms with Gasteiger partial charge in [0.1, 0.15) is 5.69 Å². The van der Waals surface area contributed by atoms with Crippen LogP contribution in [0.1, 0.15) is 40.1 Å². The van der Waals surface area contributed by atoms with E-state index < -0.39 is 5.97 Å². The summed E-state index contributed by atoms with van der Waals surface area (Å²) in [7, 11) is 2.82. The second kappa shape index (κ2) is 8.55. The van der Waals surface area contributed by atoms with Crippen LogP contribution in [0.15, 0.2) is 30.3 Å². The normalized spacial score (nSPS) is 15.9. The molecule has 3 aromatic rings. The fraction of sp³-hybridized carbons (Fsp3) is 0.333. The summed E-state index contributed by atoms with van der Waals surface area (Å²) in [5.74, 6) is -0.228. The highest BCUT2D eigenvalue weighted by Gasteiger charge is 2.28. The fourth-order valence-corrected chi connectivity index (χ4v) is 4.32. The van der Waals surface area contributed by atoms with Crippen molar-refractivity contribution < 1.29 is 24.2 Å². The number of anilines is 1. The summed E-state index contributed by atoms with van der Waals surface area (Å²) in [4.78, 5) is 30.4. The maximum Gasteiger partial charge on any atom is 0.356 e. The van der Waals surface area contributed by atoms with Gasteiger partial charge in [0.05, 0.1) is 26.5 Å². The predicted octanol–water partition coefficient (Wildman–Crippen LogP) is 3.53. The Kier molecular flexibility index (Phi) is 5.80. The molecule has 32 heavy (non-hydrogen) atoms. The number of hydrogen-bond donors (Lipinski definition) is 3. The number of aromatic nitrogens is 1. The van der Waals surface area contributed by atoms with E-state index in [1.807, 2.05) is 38.1 Å². The molecule has 2 aromatic carbocycles. The number of hydrogen-bond acceptors (Lipinski definition) is 6. The smallest absolute Gasteiger partial charge is 0.356 e. The number of fused-ring (bicyclic) bond motifs is 2. The summed E-state index contributed by atoms with van der Waals surface area (Å²) in [5.41, 5.74) is 4.49. The molecule has 0 unspecified atom stereocenters. The average Bonchev–Trinajstić information content (AvgIpc) is 3.12. The molecule has 0 saturated carbocycles. The topological polar surface area (TPSA) is 104 Å². The number of nitrogens with zero attached hydrogens (tertiary/aromatic N) is 1. The van der Waals surface area contributed by atoms with Gasteiger partial charge in [-0.25, -0.2) is 4.79 Å². The molecular weight excluding hydrogens is 410 g/mol. The van der Waals surface area contributed by atoms with Gasteiger partial charge in [-0.15, -0.1) is 0 Å². The molecule has 1 amide bonds. The largest absolute Gasteiger partial charge is 0.504 e. The van der Waals surface area contributed by atoms with Gasteiger partial charge in [-0.1, -0.05) is 11.6 Å². The molecule has 0 bridgehead atoms. The number of H-pyrrole nitrogens is 1. The van der Waals surface area contributed by atoms with Gasteiger partial charge < -0.3 is 24.9 Å². The SMILES string of the molecule is COC(=O)c1[nH]c2ccc(C)cc2c1NC(=O)CN1CCc2cc(O)c(OC)cc2[C@H]1C. The maximum atomic E-state index is 13.0. The van der Waals surface area contributed by atoms with Crippen molar-refractivity contribution in [3.05, 3.63) is 52.7 Å². The number of aryl methyl sites for hydroxylation is 1. The summed E-state index contributed by atoms with van der Waals surface area (Å²) in [6.07, 6.45) is 0.712. The Morgan fingerprint density at radius 3 is 2.75 bits per heavy atom. The van der Waals surface area contributed by atoms with E-state index in [1.54, 1.807) is 6.07 Å². The average molecular weight is 437 g/mol. The van der Waals surface area contributed by atoms with E-state index in [-0.39, 0.29) is 29.9 Å². The number of aromatic hydroxyl groups is 1. The van der Waals surface area contributed by atoms with Crippen LogP contribution in [0.4, 0.5) is 5.69 Å². The predicted molar refractivity (Wildman–Crippen MR) is 121 cm³/mol. The molecule has 2 heterocycles. The molecule has 8 heteroatoms. The van der Waals surface area contributed by atoms with Crippen molar-refractivity contribution in [1.29, 1.82) is 0 Å². The molecular formula is C24H27N3O5. The van der Waals surface area contributed by atoms with Gasteiger partial charge in [-0.2, -0.15) is 0 Å². The first-order valence-corrected chi connectivity index (χ1v) is 10.5. The van der Waals surface area contributed by atoms with Crippen molar-refractivity contribution in [3.63, 3.8) is 0 Å². The van der Waals surface area contributed by atoms with Gasteiger partial charge in [-0.3, -0.25) is 9.69 Å². The van der Waals surface area contributed by atoms with E-state index in [9.17, 15) is 14.7 Å². The number of amides is 1. The molecule has 0 radical (unpaired) electrons. The first-order valence-electron chi connectivity index (χ1n) is 10.5. The van der Waals surface area contributed by atoms with E-state index in [1.165, 1.54) is 14.2 Å². The van der Waals surface area contributed by atoms with Gasteiger partial charge in [-0.05, 0) is 55.7 Å². The van der Waals surface area contributed by atoms with Crippen molar-refractivity contribution in [2.75, 3.05) is 32.6 Å².